The lowest BCUT2D eigenvalue weighted by molar-refractivity contribution is -0.0370. The van der Waals surface area contributed by atoms with Crippen LogP contribution in [0, 0.1) is 0 Å². The van der Waals surface area contributed by atoms with Crippen LogP contribution in [0.15, 0.2) is 0 Å². The summed E-state index contributed by atoms with van der Waals surface area (Å²) in [5.41, 5.74) is 0. The molecule has 8 heteroatoms. The van der Waals surface area contributed by atoms with Crippen LogP contribution in [-0.2, 0) is 23.3 Å². The Hall–Kier alpha value is 0.0949. The van der Waals surface area contributed by atoms with Gasteiger partial charge in [-0.3, -0.25) is 4.57 Å². The molecule has 0 radical (unpaired) electrons. The molecule has 0 bridgehead atoms. The zero-order valence-electron chi connectivity index (χ0n) is 9.95. The maximum absolute atomic E-state index is 11.0. The van der Waals surface area contributed by atoms with Crippen molar-refractivity contribution in [3.63, 3.8) is 0 Å². The maximum Gasteiger partial charge on any atom is 0.325 e. The van der Waals surface area contributed by atoms with Crippen LogP contribution in [0.1, 0.15) is 0 Å². The van der Waals surface area contributed by atoms with Crippen molar-refractivity contribution in [2.45, 2.75) is 24.3 Å². The number of methoxy groups -OCH3 is 2. The van der Waals surface area contributed by atoms with Gasteiger partial charge >= 0.3 is 7.60 Å². The van der Waals surface area contributed by atoms with Gasteiger partial charge in [-0.15, -0.1) is 0 Å². The van der Waals surface area contributed by atoms with E-state index in [9.17, 15) is 4.57 Å². The molecule has 0 aromatic rings. The second-order valence-corrected chi connectivity index (χ2v) is 5.74. The van der Waals surface area contributed by atoms with Gasteiger partial charge in [-0.25, -0.2) is 0 Å². The lowest BCUT2D eigenvalue weighted by Gasteiger charge is -2.21. The molecule has 16 heavy (non-hydrogen) atoms. The first-order valence-corrected chi connectivity index (χ1v) is 7.07. The topological polar surface area (TPSA) is 74.2 Å². The first-order chi connectivity index (χ1) is 7.39. The monoisotopic (exact) mass is 252 g/mol. The van der Waals surface area contributed by atoms with Crippen molar-refractivity contribution in [2.75, 3.05) is 27.5 Å². The van der Waals surface area contributed by atoms with Gasteiger partial charge < -0.3 is 23.6 Å². The predicted octanol–water partition coefficient (Wildman–Crippen LogP) is -0.794. The Morgan fingerprint density at radius 2 is 1.94 bits per heavy atom. The third kappa shape index (κ3) is 3.55. The summed E-state index contributed by atoms with van der Waals surface area (Å²) in [5.74, 6) is 0. The standard InChI is InChI=1S/C8H18BO6P/c1-12-6-5(4-14-16(3,10)11)15-8(9)7(6)13-2/h5-8H,4,9H2,1-3H3,(H,10,11). The third-order valence-corrected chi connectivity index (χ3v) is 3.19. The van der Waals surface area contributed by atoms with E-state index in [1.165, 1.54) is 0 Å². The fourth-order valence-electron chi connectivity index (χ4n) is 1.87. The summed E-state index contributed by atoms with van der Waals surface area (Å²) in [6.07, 6.45) is -0.856. The summed E-state index contributed by atoms with van der Waals surface area (Å²) in [7, 11) is 1.52. The molecule has 1 heterocycles. The lowest BCUT2D eigenvalue weighted by atomic mass is 9.93. The van der Waals surface area contributed by atoms with Crippen molar-refractivity contribution in [2.24, 2.45) is 0 Å². The van der Waals surface area contributed by atoms with E-state index in [-0.39, 0.29) is 30.9 Å². The molecule has 1 aliphatic rings. The first kappa shape index (κ1) is 14.2. The minimum absolute atomic E-state index is 0.0208. The number of rotatable bonds is 5. The Labute approximate surface area is 96.2 Å². The Bertz CT molecular complexity index is 269. The molecule has 0 aromatic carbocycles. The molecular formula is C8H18BO6P. The van der Waals surface area contributed by atoms with E-state index in [1.807, 2.05) is 7.85 Å². The van der Waals surface area contributed by atoms with Crippen LogP contribution >= 0.6 is 7.60 Å². The highest BCUT2D eigenvalue weighted by molar-refractivity contribution is 7.51. The minimum Gasteiger partial charge on any atom is -0.377 e. The Balaban J connectivity index is 2.57. The van der Waals surface area contributed by atoms with Gasteiger partial charge in [-0.2, -0.15) is 0 Å². The van der Waals surface area contributed by atoms with Crippen LogP contribution < -0.4 is 0 Å². The molecular weight excluding hydrogens is 234 g/mol. The average Bonchev–Trinajstić information content (AvgIpc) is 2.49. The summed E-state index contributed by atoms with van der Waals surface area (Å²) >= 11 is 0. The molecule has 6 nitrogen and oxygen atoms in total. The molecule has 0 spiro atoms. The molecule has 1 N–H and O–H groups in total. The second kappa shape index (κ2) is 5.62. The number of ether oxygens (including phenoxy) is 3. The van der Waals surface area contributed by atoms with Gasteiger partial charge in [0.1, 0.15) is 26.2 Å². The van der Waals surface area contributed by atoms with E-state index < -0.39 is 7.60 Å². The Morgan fingerprint density at radius 1 is 1.38 bits per heavy atom. The van der Waals surface area contributed by atoms with Crippen LogP contribution in [-0.4, -0.2) is 64.5 Å². The molecule has 0 amide bonds. The predicted molar refractivity (Wildman–Crippen MR) is 60.5 cm³/mol. The Kier molecular flexibility index (Phi) is 4.97. The molecule has 1 saturated heterocycles. The fourth-order valence-corrected chi connectivity index (χ4v) is 2.29. The summed E-state index contributed by atoms with van der Waals surface area (Å²) in [6, 6.07) is -0.126. The second-order valence-electron chi connectivity index (χ2n) is 3.88. The van der Waals surface area contributed by atoms with Crippen LogP contribution in [0.4, 0.5) is 0 Å². The van der Waals surface area contributed by atoms with Crippen molar-refractivity contribution in [1.29, 1.82) is 0 Å². The lowest BCUT2D eigenvalue weighted by Crippen LogP contribution is -2.37. The van der Waals surface area contributed by atoms with Crippen molar-refractivity contribution in [1.82, 2.24) is 0 Å². The number of hydrogen-bond acceptors (Lipinski definition) is 5. The van der Waals surface area contributed by atoms with E-state index in [4.69, 9.17) is 23.6 Å². The zero-order valence-corrected chi connectivity index (χ0v) is 10.8. The Morgan fingerprint density at radius 3 is 2.38 bits per heavy atom. The van der Waals surface area contributed by atoms with E-state index in [2.05, 4.69) is 0 Å². The fraction of sp³-hybridized carbons (Fsp3) is 1.00. The molecule has 94 valence electrons. The smallest absolute Gasteiger partial charge is 0.325 e. The quantitative estimate of drug-likeness (QED) is 0.510. The molecule has 1 aliphatic heterocycles. The van der Waals surface area contributed by atoms with Crippen molar-refractivity contribution in [3.8, 4) is 0 Å². The van der Waals surface area contributed by atoms with Gasteiger partial charge in [0.25, 0.3) is 0 Å². The summed E-state index contributed by atoms with van der Waals surface area (Å²) in [5, 5.41) is 0. The van der Waals surface area contributed by atoms with Gasteiger partial charge in [-0.1, -0.05) is 0 Å². The summed E-state index contributed by atoms with van der Waals surface area (Å²) in [6.45, 7) is 1.16. The molecule has 1 rings (SSSR count). The van der Waals surface area contributed by atoms with Gasteiger partial charge in [0, 0.05) is 20.9 Å². The minimum atomic E-state index is -3.48. The SMILES string of the molecule is BC1OC(COP(C)(=O)O)C(OC)C1OC. The summed E-state index contributed by atoms with van der Waals surface area (Å²) in [4.78, 5) is 9.03. The highest BCUT2D eigenvalue weighted by Gasteiger charge is 2.43. The molecule has 5 unspecified atom stereocenters. The van der Waals surface area contributed by atoms with Gasteiger partial charge in [0.05, 0.1) is 12.6 Å². The van der Waals surface area contributed by atoms with Crippen LogP contribution in [0.3, 0.4) is 0 Å². The maximum atomic E-state index is 11.0. The van der Waals surface area contributed by atoms with Crippen LogP contribution in [0.25, 0.3) is 0 Å². The molecule has 0 aliphatic carbocycles. The highest BCUT2D eigenvalue weighted by atomic mass is 31.2. The third-order valence-electron chi connectivity index (χ3n) is 2.57. The van der Waals surface area contributed by atoms with Crippen LogP contribution in [0.2, 0.25) is 0 Å². The number of hydrogen-bond donors (Lipinski definition) is 1. The van der Waals surface area contributed by atoms with Crippen molar-refractivity contribution < 1.29 is 28.2 Å². The van der Waals surface area contributed by atoms with Gasteiger partial charge in [-0.05, 0) is 0 Å². The van der Waals surface area contributed by atoms with E-state index in [0.29, 0.717) is 0 Å². The van der Waals surface area contributed by atoms with Crippen molar-refractivity contribution in [3.05, 3.63) is 0 Å². The van der Waals surface area contributed by atoms with E-state index >= 15 is 0 Å². The van der Waals surface area contributed by atoms with Crippen molar-refractivity contribution >= 4 is 15.4 Å². The molecule has 0 saturated carbocycles. The molecule has 5 atom stereocenters. The largest absolute Gasteiger partial charge is 0.377 e. The van der Waals surface area contributed by atoms with Gasteiger partial charge in [0.15, 0.2) is 0 Å². The molecule has 1 fully saturated rings. The van der Waals surface area contributed by atoms with Gasteiger partial charge in [0.2, 0.25) is 0 Å². The highest BCUT2D eigenvalue weighted by Crippen LogP contribution is 2.38. The summed E-state index contributed by atoms with van der Waals surface area (Å²) < 4.78 is 31.9. The molecule has 0 aromatic heterocycles. The van der Waals surface area contributed by atoms with E-state index in [0.717, 1.165) is 6.66 Å². The zero-order chi connectivity index (χ0) is 12.3. The van der Waals surface area contributed by atoms with E-state index in [1.54, 1.807) is 14.2 Å². The normalized spacial score (nSPS) is 38.5. The van der Waals surface area contributed by atoms with Crippen LogP contribution in [0.5, 0.6) is 0 Å². The average molecular weight is 252 g/mol. The first-order valence-electron chi connectivity index (χ1n) is 5.05.